The van der Waals surface area contributed by atoms with E-state index >= 15 is 0 Å². The van der Waals surface area contributed by atoms with Crippen molar-refractivity contribution >= 4 is 12.0 Å². The molecule has 0 aliphatic carbocycles. The fraction of sp³-hybridized carbons (Fsp3) is 0.579. The van der Waals surface area contributed by atoms with E-state index in [1.54, 1.807) is 4.90 Å². The zero-order valence-electron chi connectivity index (χ0n) is 14.7. The van der Waals surface area contributed by atoms with E-state index in [2.05, 4.69) is 5.32 Å². The van der Waals surface area contributed by atoms with E-state index in [4.69, 9.17) is 4.74 Å². The second-order valence-corrected chi connectivity index (χ2v) is 7.89. The van der Waals surface area contributed by atoms with Crippen LogP contribution in [0, 0.1) is 5.41 Å². The third-order valence-electron chi connectivity index (χ3n) is 5.03. The molecule has 1 aromatic rings. The van der Waals surface area contributed by atoms with Gasteiger partial charge in [-0.2, -0.15) is 0 Å². The van der Waals surface area contributed by atoms with Crippen LogP contribution in [0.5, 0.6) is 0 Å². The number of carbonyl (C=O) groups excluding carboxylic acids is 2. The average Bonchev–Trinajstić information content (AvgIpc) is 2.83. The summed E-state index contributed by atoms with van der Waals surface area (Å²) in [6.45, 7) is 7.58. The molecule has 2 amide bonds. The van der Waals surface area contributed by atoms with Crippen LogP contribution in [0.15, 0.2) is 30.3 Å². The van der Waals surface area contributed by atoms with E-state index in [9.17, 15) is 9.59 Å². The molecule has 2 saturated heterocycles. The Morgan fingerprint density at radius 1 is 1.21 bits per heavy atom. The summed E-state index contributed by atoms with van der Waals surface area (Å²) >= 11 is 0. The number of amides is 2. The zero-order chi connectivity index (χ0) is 17.4. The lowest BCUT2D eigenvalue weighted by molar-refractivity contribution is -0.121. The van der Waals surface area contributed by atoms with Crippen molar-refractivity contribution in [3.05, 3.63) is 35.9 Å². The minimum atomic E-state index is -0.482. The minimum absolute atomic E-state index is 0.100. The van der Waals surface area contributed by atoms with Crippen molar-refractivity contribution in [2.75, 3.05) is 19.6 Å². The van der Waals surface area contributed by atoms with Gasteiger partial charge in [0.2, 0.25) is 5.91 Å². The molecule has 0 aromatic heterocycles. The SMILES string of the molecule is CC(C)(C)OC(=O)N1CCC2(CC1)CNC(=O)C2c1ccccc1. The van der Waals surface area contributed by atoms with E-state index in [0.717, 1.165) is 18.4 Å². The molecule has 1 N–H and O–H groups in total. The normalized spacial score (nSPS) is 23.2. The van der Waals surface area contributed by atoms with Crippen LogP contribution in [0.25, 0.3) is 0 Å². The highest BCUT2D eigenvalue weighted by Crippen LogP contribution is 2.47. The third kappa shape index (κ3) is 3.25. The van der Waals surface area contributed by atoms with Crippen molar-refractivity contribution in [2.24, 2.45) is 5.41 Å². The van der Waals surface area contributed by atoms with Gasteiger partial charge in [0, 0.05) is 25.0 Å². The monoisotopic (exact) mass is 330 g/mol. The first-order chi connectivity index (χ1) is 11.3. The molecule has 2 aliphatic rings. The van der Waals surface area contributed by atoms with Gasteiger partial charge in [0.25, 0.3) is 0 Å². The highest BCUT2D eigenvalue weighted by Gasteiger charge is 2.50. The molecule has 24 heavy (non-hydrogen) atoms. The second-order valence-electron chi connectivity index (χ2n) is 7.89. The second kappa shape index (κ2) is 6.11. The van der Waals surface area contributed by atoms with Gasteiger partial charge in [0.1, 0.15) is 5.60 Å². The van der Waals surface area contributed by atoms with Crippen LogP contribution in [0.2, 0.25) is 0 Å². The summed E-state index contributed by atoms with van der Waals surface area (Å²) in [6, 6.07) is 9.97. The molecule has 2 heterocycles. The van der Waals surface area contributed by atoms with Crippen molar-refractivity contribution in [2.45, 2.75) is 45.1 Å². The largest absolute Gasteiger partial charge is 0.444 e. The molecule has 1 aromatic carbocycles. The molecule has 130 valence electrons. The van der Waals surface area contributed by atoms with Crippen molar-refractivity contribution in [1.29, 1.82) is 0 Å². The summed E-state index contributed by atoms with van der Waals surface area (Å²) in [4.78, 5) is 26.5. The van der Waals surface area contributed by atoms with E-state index < -0.39 is 5.60 Å². The standard InChI is InChI=1S/C19H26N2O3/c1-18(2,3)24-17(23)21-11-9-19(10-12-21)13-20-16(22)15(19)14-7-5-4-6-8-14/h4-8,15H,9-13H2,1-3H3,(H,20,22). The minimum Gasteiger partial charge on any atom is -0.444 e. The van der Waals surface area contributed by atoms with Crippen molar-refractivity contribution in [3.63, 3.8) is 0 Å². The number of rotatable bonds is 1. The zero-order valence-corrected chi connectivity index (χ0v) is 14.7. The molecule has 5 heteroatoms. The molecule has 1 spiro atoms. The summed E-state index contributed by atoms with van der Waals surface area (Å²) in [5.41, 5.74) is 0.485. The molecule has 0 radical (unpaired) electrons. The number of hydrogen-bond donors (Lipinski definition) is 1. The van der Waals surface area contributed by atoms with Gasteiger partial charge in [-0.05, 0) is 39.2 Å². The molecule has 0 saturated carbocycles. The molecule has 1 atom stereocenters. The Balaban J connectivity index is 1.72. The van der Waals surface area contributed by atoms with Crippen LogP contribution in [0.1, 0.15) is 45.1 Å². The summed E-state index contributed by atoms with van der Waals surface area (Å²) in [5, 5.41) is 3.04. The van der Waals surface area contributed by atoms with Gasteiger partial charge in [0.05, 0.1) is 5.92 Å². The molecule has 1 unspecified atom stereocenters. The number of ether oxygens (including phenoxy) is 1. The van der Waals surface area contributed by atoms with Crippen LogP contribution < -0.4 is 5.32 Å². The lowest BCUT2D eigenvalue weighted by Crippen LogP contribution is -2.47. The highest BCUT2D eigenvalue weighted by atomic mass is 16.6. The van der Waals surface area contributed by atoms with Crippen LogP contribution in [0.4, 0.5) is 4.79 Å². The van der Waals surface area contributed by atoms with Gasteiger partial charge in [-0.1, -0.05) is 30.3 Å². The average molecular weight is 330 g/mol. The Hall–Kier alpha value is -2.04. The molecular formula is C19H26N2O3. The quantitative estimate of drug-likeness (QED) is 0.861. The first-order valence-electron chi connectivity index (χ1n) is 8.61. The maximum Gasteiger partial charge on any atom is 0.410 e. The number of benzene rings is 1. The summed E-state index contributed by atoms with van der Waals surface area (Å²) in [7, 11) is 0. The Kier molecular flexibility index (Phi) is 4.28. The first kappa shape index (κ1) is 16.8. The van der Waals surface area contributed by atoms with Crippen LogP contribution in [-0.2, 0) is 9.53 Å². The van der Waals surface area contributed by atoms with Crippen LogP contribution in [0.3, 0.4) is 0 Å². The maximum absolute atomic E-state index is 12.4. The van der Waals surface area contributed by atoms with E-state index in [1.165, 1.54) is 0 Å². The Labute approximate surface area is 143 Å². The predicted molar refractivity (Wildman–Crippen MR) is 91.7 cm³/mol. The number of nitrogens with one attached hydrogen (secondary N) is 1. The lowest BCUT2D eigenvalue weighted by Gasteiger charge is -2.41. The van der Waals surface area contributed by atoms with Crippen molar-refractivity contribution in [1.82, 2.24) is 10.2 Å². The van der Waals surface area contributed by atoms with E-state index in [-0.39, 0.29) is 23.3 Å². The van der Waals surface area contributed by atoms with Gasteiger partial charge in [0.15, 0.2) is 0 Å². The number of likely N-dealkylation sites (tertiary alicyclic amines) is 1. The summed E-state index contributed by atoms with van der Waals surface area (Å²) < 4.78 is 5.47. The van der Waals surface area contributed by atoms with E-state index in [0.29, 0.717) is 19.6 Å². The number of nitrogens with zero attached hydrogens (tertiary/aromatic N) is 1. The van der Waals surface area contributed by atoms with Gasteiger partial charge in [-0.15, -0.1) is 0 Å². The molecule has 5 nitrogen and oxygen atoms in total. The Morgan fingerprint density at radius 3 is 2.42 bits per heavy atom. The summed E-state index contributed by atoms with van der Waals surface area (Å²) in [5.74, 6) is -0.0218. The Bertz CT molecular complexity index is 613. The first-order valence-corrected chi connectivity index (χ1v) is 8.61. The smallest absolute Gasteiger partial charge is 0.410 e. The predicted octanol–water partition coefficient (Wildman–Crippen LogP) is 2.92. The lowest BCUT2D eigenvalue weighted by atomic mass is 9.68. The molecule has 2 fully saturated rings. The number of carbonyl (C=O) groups is 2. The number of piperidine rings is 1. The van der Waals surface area contributed by atoms with Crippen molar-refractivity contribution in [3.8, 4) is 0 Å². The van der Waals surface area contributed by atoms with Crippen molar-refractivity contribution < 1.29 is 14.3 Å². The fourth-order valence-corrected chi connectivity index (χ4v) is 3.82. The third-order valence-corrected chi connectivity index (χ3v) is 5.03. The van der Waals surface area contributed by atoms with Gasteiger partial charge < -0.3 is 15.0 Å². The molecule has 3 rings (SSSR count). The van der Waals surface area contributed by atoms with Crippen LogP contribution in [-0.4, -0.2) is 42.1 Å². The fourth-order valence-electron chi connectivity index (χ4n) is 3.82. The highest BCUT2D eigenvalue weighted by molar-refractivity contribution is 5.87. The molecule has 2 aliphatic heterocycles. The molecule has 0 bridgehead atoms. The molecular weight excluding hydrogens is 304 g/mol. The number of hydrogen-bond acceptors (Lipinski definition) is 3. The maximum atomic E-state index is 12.4. The van der Waals surface area contributed by atoms with Gasteiger partial charge in [-0.3, -0.25) is 4.79 Å². The Morgan fingerprint density at radius 2 is 1.83 bits per heavy atom. The summed E-state index contributed by atoms with van der Waals surface area (Å²) in [6.07, 6.45) is 1.36. The van der Waals surface area contributed by atoms with Gasteiger partial charge >= 0.3 is 6.09 Å². The van der Waals surface area contributed by atoms with Gasteiger partial charge in [-0.25, -0.2) is 4.79 Å². The van der Waals surface area contributed by atoms with E-state index in [1.807, 2.05) is 51.1 Å². The topological polar surface area (TPSA) is 58.6 Å². The van der Waals surface area contributed by atoms with Crippen LogP contribution >= 0.6 is 0 Å².